The van der Waals surface area contributed by atoms with Crippen molar-refractivity contribution in [1.82, 2.24) is 10.2 Å². The van der Waals surface area contributed by atoms with Gasteiger partial charge in [-0.2, -0.15) is 0 Å². The van der Waals surface area contributed by atoms with Gasteiger partial charge in [0.1, 0.15) is 17.5 Å². The molecule has 0 spiro atoms. The van der Waals surface area contributed by atoms with E-state index in [0.717, 1.165) is 48.3 Å². The minimum absolute atomic E-state index is 0.0872. The highest BCUT2D eigenvalue weighted by Crippen LogP contribution is 2.22. The van der Waals surface area contributed by atoms with Gasteiger partial charge in [-0.1, -0.05) is 66.9 Å². The molecular formula is C32H37ClN2O4. The van der Waals surface area contributed by atoms with Crippen LogP contribution >= 0.6 is 11.6 Å². The molecule has 1 aliphatic carbocycles. The predicted molar refractivity (Wildman–Crippen MR) is 154 cm³/mol. The zero-order valence-corrected chi connectivity index (χ0v) is 23.2. The maximum atomic E-state index is 13.7. The molecule has 6 nitrogen and oxygen atoms in total. The molecule has 3 aromatic rings. The van der Waals surface area contributed by atoms with Crippen molar-refractivity contribution in [3.8, 4) is 11.5 Å². The summed E-state index contributed by atoms with van der Waals surface area (Å²) in [4.78, 5) is 29.2. The van der Waals surface area contributed by atoms with Crippen LogP contribution in [0.3, 0.4) is 0 Å². The fourth-order valence-electron chi connectivity index (χ4n) is 4.98. The van der Waals surface area contributed by atoms with Crippen molar-refractivity contribution in [3.63, 3.8) is 0 Å². The number of carbonyl (C=O) groups excluding carboxylic acids is 2. The van der Waals surface area contributed by atoms with Crippen LogP contribution in [0.5, 0.6) is 11.5 Å². The van der Waals surface area contributed by atoms with Crippen LogP contribution in [0.4, 0.5) is 0 Å². The van der Waals surface area contributed by atoms with Crippen LogP contribution in [0.25, 0.3) is 0 Å². The van der Waals surface area contributed by atoms with Crippen molar-refractivity contribution in [3.05, 3.63) is 95.0 Å². The summed E-state index contributed by atoms with van der Waals surface area (Å²) in [6.45, 7) is 0.689. The van der Waals surface area contributed by atoms with E-state index in [4.69, 9.17) is 21.1 Å². The highest BCUT2D eigenvalue weighted by atomic mass is 35.5. The van der Waals surface area contributed by atoms with Gasteiger partial charge in [-0.3, -0.25) is 9.59 Å². The second kappa shape index (κ2) is 14.6. The van der Waals surface area contributed by atoms with Crippen LogP contribution in [-0.4, -0.2) is 42.5 Å². The van der Waals surface area contributed by atoms with Gasteiger partial charge in [-0.05, 0) is 66.8 Å². The Kier molecular flexibility index (Phi) is 10.7. The van der Waals surface area contributed by atoms with E-state index in [0.29, 0.717) is 31.0 Å². The van der Waals surface area contributed by atoms with E-state index in [-0.39, 0.29) is 24.3 Å². The molecule has 0 aliphatic heterocycles. The summed E-state index contributed by atoms with van der Waals surface area (Å²) < 4.78 is 11.0. The van der Waals surface area contributed by atoms with Gasteiger partial charge >= 0.3 is 0 Å². The van der Waals surface area contributed by atoms with Gasteiger partial charge in [0.15, 0.2) is 0 Å². The van der Waals surface area contributed by atoms with Crippen LogP contribution in [0.2, 0.25) is 5.02 Å². The molecule has 0 heterocycles. The van der Waals surface area contributed by atoms with Crippen molar-refractivity contribution in [2.45, 2.75) is 63.6 Å². The lowest BCUT2D eigenvalue weighted by Crippen LogP contribution is -2.52. The third-order valence-corrected chi connectivity index (χ3v) is 7.31. The van der Waals surface area contributed by atoms with Gasteiger partial charge in [0, 0.05) is 30.5 Å². The first-order chi connectivity index (χ1) is 19.0. The third kappa shape index (κ3) is 8.75. The molecule has 4 rings (SSSR count). The fraction of sp³-hybridized carbons (Fsp3) is 0.375. The molecular weight excluding hydrogens is 512 g/mol. The fourth-order valence-corrected chi connectivity index (χ4v) is 5.20. The van der Waals surface area contributed by atoms with Crippen LogP contribution < -0.4 is 14.8 Å². The normalized spacial score (nSPS) is 14.0. The average Bonchev–Trinajstić information content (AvgIpc) is 3.47. The van der Waals surface area contributed by atoms with Gasteiger partial charge in [0.25, 0.3) is 0 Å². The number of amides is 2. The van der Waals surface area contributed by atoms with Crippen molar-refractivity contribution < 1.29 is 19.1 Å². The maximum absolute atomic E-state index is 13.7. The van der Waals surface area contributed by atoms with Gasteiger partial charge in [0.2, 0.25) is 11.8 Å². The molecule has 39 heavy (non-hydrogen) atoms. The Morgan fingerprint density at radius 2 is 1.64 bits per heavy atom. The maximum Gasteiger partial charge on any atom is 0.243 e. The Morgan fingerprint density at radius 3 is 2.33 bits per heavy atom. The van der Waals surface area contributed by atoms with E-state index in [1.165, 1.54) is 0 Å². The number of carbonyl (C=O) groups is 2. The highest BCUT2D eigenvalue weighted by molar-refractivity contribution is 6.30. The quantitative estimate of drug-likeness (QED) is 0.258. The van der Waals surface area contributed by atoms with Crippen LogP contribution in [0.1, 0.15) is 49.7 Å². The predicted octanol–water partition coefficient (Wildman–Crippen LogP) is 6.21. The minimum Gasteiger partial charge on any atom is -0.497 e. The van der Waals surface area contributed by atoms with E-state index >= 15 is 0 Å². The van der Waals surface area contributed by atoms with Gasteiger partial charge in [-0.25, -0.2) is 0 Å². The van der Waals surface area contributed by atoms with E-state index in [1.54, 1.807) is 12.0 Å². The summed E-state index contributed by atoms with van der Waals surface area (Å²) in [5.74, 6) is 1.29. The SMILES string of the molecule is COc1ccc(OCCCC(=O)N(Cc2cccc(Cl)c2)[C@@H](Cc2ccccc2)C(=O)NC2CCCC2)cc1. The lowest BCUT2D eigenvalue weighted by Gasteiger charge is -2.32. The largest absolute Gasteiger partial charge is 0.497 e. The standard InChI is InChI=1S/C32H37ClN2O4/c1-38-28-16-18-29(19-17-28)39-20-8-15-31(36)35(23-25-11-7-12-26(33)21-25)30(22-24-9-3-2-4-10-24)32(37)34-27-13-5-6-14-27/h2-4,7,9-12,16-19,21,27,30H,5-6,8,13-15,20,22-23H2,1H3,(H,34,37)/t30-/m0/s1. The van der Waals surface area contributed by atoms with E-state index in [9.17, 15) is 9.59 Å². The number of halogens is 1. The van der Waals surface area contributed by atoms with Crippen molar-refractivity contribution in [1.29, 1.82) is 0 Å². The Balaban J connectivity index is 1.50. The molecule has 1 N–H and O–H groups in total. The molecule has 1 fully saturated rings. The number of benzene rings is 3. The Hall–Kier alpha value is -3.51. The number of methoxy groups -OCH3 is 1. The minimum atomic E-state index is -0.637. The Morgan fingerprint density at radius 1 is 0.949 bits per heavy atom. The summed E-state index contributed by atoms with van der Waals surface area (Å²) >= 11 is 6.27. The molecule has 206 valence electrons. The van der Waals surface area contributed by atoms with Crippen molar-refractivity contribution >= 4 is 23.4 Å². The molecule has 1 saturated carbocycles. The highest BCUT2D eigenvalue weighted by Gasteiger charge is 2.32. The second-order valence-corrected chi connectivity index (χ2v) is 10.4. The topological polar surface area (TPSA) is 67.9 Å². The van der Waals surface area contributed by atoms with Crippen LogP contribution in [0, 0.1) is 0 Å². The monoisotopic (exact) mass is 548 g/mol. The molecule has 1 atom stereocenters. The van der Waals surface area contributed by atoms with E-state index < -0.39 is 6.04 Å². The Labute approximate surface area is 236 Å². The van der Waals surface area contributed by atoms with Crippen LogP contribution in [-0.2, 0) is 22.6 Å². The number of hydrogen-bond donors (Lipinski definition) is 1. The number of hydrogen-bond acceptors (Lipinski definition) is 4. The first-order valence-corrected chi connectivity index (χ1v) is 14.0. The zero-order valence-electron chi connectivity index (χ0n) is 22.5. The molecule has 0 aromatic heterocycles. The summed E-state index contributed by atoms with van der Waals surface area (Å²) in [7, 11) is 1.62. The summed E-state index contributed by atoms with van der Waals surface area (Å²) in [6, 6.07) is 24.2. The molecule has 0 bridgehead atoms. The van der Waals surface area contributed by atoms with Gasteiger partial charge < -0.3 is 19.7 Å². The molecule has 1 aliphatic rings. The van der Waals surface area contributed by atoms with E-state index in [2.05, 4.69) is 5.32 Å². The smallest absolute Gasteiger partial charge is 0.243 e. The second-order valence-electron chi connectivity index (χ2n) is 9.97. The van der Waals surface area contributed by atoms with Crippen molar-refractivity contribution in [2.75, 3.05) is 13.7 Å². The molecule has 0 saturated heterocycles. The molecule has 3 aromatic carbocycles. The molecule has 0 unspecified atom stereocenters. The first-order valence-electron chi connectivity index (χ1n) is 13.7. The molecule has 0 radical (unpaired) electrons. The molecule has 7 heteroatoms. The number of ether oxygens (including phenoxy) is 2. The number of rotatable bonds is 13. The number of nitrogens with one attached hydrogen (secondary N) is 1. The van der Waals surface area contributed by atoms with E-state index in [1.807, 2.05) is 78.9 Å². The van der Waals surface area contributed by atoms with Gasteiger partial charge in [0.05, 0.1) is 13.7 Å². The lowest BCUT2D eigenvalue weighted by molar-refractivity contribution is -0.141. The zero-order chi connectivity index (χ0) is 27.5. The number of nitrogens with zero attached hydrogens (tertiary/aromatic N) is 1. The van der Waals surface area contributed by atoms with Gasteiger partial charge in [-0.15, -0.1) is 0 Å². The lowest BCUT2D eigenvalue weighted by atomic mass is 10.0. The van der Waals surface area contributed by atoms with Crippen LogP contribution in [0.15, 0.2) is 78.9 Å². The third-order valence-electron chi connectivity index (χ3n) is 7.08. The summed E-state index contributed by atoms with van der Waals surface area (Å²) in [5, 5.41) is 3.84. The molecule has 2 amide bonds. The average molecular weight is 549 g/mol. The van der Waals surface area contributed by atoms with Crippen molar-refractivity contribution in [2.24, 2.45) is 0 Å². The summed E-state index contributed by atoms with van der Waals surface area (Å²) in [6.07, 6.45) is 5.43. The summed E-state index contributed by atoms with van der Waals surface area (Å²) in [5.41, 5.74) is 1.90. The first kappa shape index (κ1) is 28.5. The Bertz CT molecular complexity index is 1200.